The number of likely N-dealkylation sites (N-methyl/N-ethyl adjacent to an activating group) is 1. The Morgan fingerprint density at radius 3 is 2.31 bits per heavy atom. The molecular formula is C24H29N3O2. The third kappa shape index (κ3) is 4.73. The lowest BCUT2D eigenvalue weighted by atomic mass is 10.0. The topological polar surface area (TPSA) is 53.5 Å². The Morgan fingerprint density at radius 1 is 0.931 bits per heavy atom. The standard InChI is InChI=1S/C24H29N3O2/c1-3-5-9-17-27-23(28)21(20-10-7-6-8-11-20)22(24(27)29)26(4-2)18-14-19-12-15-25-16-13-19/h6-8,10-13,15-16H,3-5,9,14,17-18H2,1-2H3. The Balaban J connectivity index is 1.91. The average molecular weight is 392 g/mol. The van der Waals surface area contributed by atoms with Crippen LogP contribution in [-0.2, 0) is 16.0 Å². The van der Waals surface area contributed by atoms with E-state index in [0.717, 1.165) is 36.8 Å². The molecule has 5 heteroatoms. The van der Waals surface area contributed by atoms with Crippen LogP contribution in [0.2, 0.25) is 0 Å². The summed E-state index contributed by atoms with van der Waals surface area (Å²) >= 11 is 0. The van der Waals surface area contributed by atoms with Gasteiger partial charge in [0.1, 0.15) is 5.70 Å². The highest BCUT2D eigenvalue weighted by molar-refractivity contribution is 6.35. The Bertz CT molecular complexity index is 862. The van der Waals surface area contributed by atoms with E-state index in [1.54, 1.807) is 12.4 Å². The van der Waals surface area contributed by atoms with E-state index in [1.165, 1.54) is 4.90 Å². The fourth-order valence-corrected chi connectivity index (χ4v) is 3.69. The number of unbranched alkanes of at least 4 members (excludes halogenated alkanes) is 2. The van der Waals surface area contributed by atoms with Crippen molar-refractivity contribution in [3.05, 3.63) is 71.7 Å². The first-order valence-electron chi connectivity index (χ1n) is 10.5. The molecule has 0 bridgehead atoms. The smallest absolute Gasteiger partial charge is 0.277 e. The van der Waals surface area contributed by atoms with Crippen molar-refractivity contribution in [1.29, 1.82) is 0 Å². The lowest BCUT2D eigenvalue weighted by molar-refractivity contribution is -0.137. The van der Waals surface area contributed by atoms with Crippen molar-refractivity contribution in [3.63, 3.8) is 0 Å². The monoisotopic (exact) mass is 391 g/mol. The van der Waals surface area contributed by atoms with Gasteiger partial charge in [0.25, 0.3) is 11.8 Å². The van der Waals surface area contributed by atoms with Crippen LogP contribution in [-0.4, -0.2) is 46.2 Å². The number of carbonyl (C=O) groups is 2. The van der Waals surface area contributed by atoms with Crippen molar-refractivity contribution in [2.75, 3.05) is 19.6 Å². The first kappa shape index (κ1) is 20.8. The van der Waals surface area contributed by atoms with Gasteiger partial charge in [-0.15, -0.1) is 0 Å². The van der Waals surface area contributed by atoms with Gasteiger partial charge < -0.3 is 4.90 Å². The summed E-state index contributed by atoms with van der Waals surface area (Å²) in [6, 6.07) is 13.5. The molecule has 29 heavy (non-hydrogen) atoms. The third-order valence-corrected chi connectivity index (χ3v) is 5.31. The Hall–Kier alpha value is -2.95. The molecule has 3 rings (SSSR count). The Kier molecular flexibility index (Phi) is 7.17. The molecule has 1 aliphatic rings. The third-order valence-electron chi connectivity index (χ3n) is 5.31. The highest BCUT2D eigenvalue weighted by Gasteiger charge is 2.40. The van der Waals surface area contributed by atoms with Gasteiger partial charge in [-0.05, 0) is 43.0 Å². The minimum atomic E-state index is -0.172. The van der Waals surface area contributed by atoms with Gasteiger partial charge in [0, 0.05) is 32.0 Å². The number of amides is 2. The normalized spacial score (nSPS) is 14.1. The number of pyridine rings is 1. The summed E-state index contributed by atoms with van der Waals surface area (Å²) in [5.41, 5.74) is 3.04. The fraction of sp³-hybridized carbons (Fsp3) is 0.375. The number of rotatable bonds is 10. The van der Waals surface area contributed by atoms with E-state index < -0.39 is 0 Å². The summed E-state index contributed by atoms with van der Waals surface area (Å²) in [6.07, 6.45) is 7.24. The van der Waals surface area contributed by atoms with Crippen molar-refractivity contribution in [3.8, 4) is 0 Å². The molecule has 1 aromatic carbocycles. The summed E-state index contributed by atoms with van der Waals surface area (Å²) in [5, 5.41) is 0. The number of benzene rings is 1. The van der Waals surface area contributed by atoms with E-state index in [4.69, 9.17) is 0 Å². The molecule has 0 fully saturated rings. The Labute approximate surface area is 173 Å². The first-order chi connectivity index (χ1) is 14.2. The molecule has 1 aromatic heterocycles. The fourth-order valence-electron chi connectivity index (χ4n) is 3.69. The minimum absolute atomic E-state index is 0.165. The maximum Gasteiger partial charge on any atom is 0.277 e. The van der Waals surface area contributed by atoms with Crippen LogP contribution in [0.4, 0.5) is 0 Å². The molecule has 0 N–H and O–H groups in total. The van der Waals surface area contributed by atoms with Crippen molar-refractivity contribution in [2.24, 2.45) is 0 Å². The van der Waals surface area contributed by atoms with E-state index in [0.29, 0.717) is 30.9 Å². The molecule has 0 unspecified atom stereocenters. The number of aromatic nitrogens is 1. The lowest BCUT2D eigenvalue weighted by Crippen LogP contribution is -2.36. The highest BCUT2D eigenvalue weighted by atomic mass is 16.2. The molecule has 0 aliphatic carbocycles. The van der Waals surface area contributed by atoms with Gasteiger partial charge in [-0.25, -0.2) is 0 Å². The Morgan fingerprint density at radius 2 is 1.66 bits per heavy atom. The molecule has 2 amide bonds. The largest absolute Gasteiger partial charge is 0.366 e. The van der Waals surface area contributed by atoms with E-state index in [2.05, 4.69) is 11.9 Å². The average Bonchev–Trinajstić information content (AvgIpc) is 3.00. The van der Waals surface area contributed by atoms with Gasteiger partial charge >= 0.3 is 0 Å². The second kappa shape index (κ2) is 10.0. The quantitative estimate of drug-likeness (QED) is 0.455. The van der Waals surface area contributed by atoms with Crippen molar-refractivity contribution in [1.82, 2.24) is 14.8 Å². The van der Waals surface area contributed by atoms with Crippen LogP contribution in [0.15, 0.2) is 60.6 Å². The predicted octanol–water partition coefficient (Wildman–Crippen LogP) is 3.92. The molecule has 2 aromatic rings. The number of nitrogens with zero attached hydrogens (tertiary/aromatic N) is 3. The lowest BCUT2D eigenvalue weighted by Gasteiger charge is -2.25. The van der Waals surface area contributed by atoms with Gasteiger partial charge in [0.15, 0.2) is 0 Å². The molecule has 1 aliphatic heterocycles. The van der Waals surface area contributed by atoms with Crippen LogP contribution in [0.25, 0.3) is 5.57 Å². The maximum absolute atomic E-state index is 13.3. The van der Waals surface area contributed by atoms with Gasteiger partial charge in [-0.1, -0.05) is 50.1 Å². The predicted molar refractivity (Wildman–Crippen MR) is 115 cm³/mol. The van der Waals surface area contributed by atoms with Gasteiger partial charge in [-0.3, -0.25) is 19.5 Å². The van der Waals surface area contributed by atoms with Crippen LogP contribution >= 0.6 is 0 Å². The molecule has 0 saturated carbocycles. The molecule has 2 heterocycles. The van der Waals surface area contributed by atoms with E-state index >= 15 is 0 Å². The molecule has 0 radical (unpaired) electrons. The van der Waals surface area contributed by atoms with E-state index in [9.17, 15) is 9.59 Å². The zero-order chi connectivity index (χ0) is 20.6. The molecule has 0 atom stereocenters. The van der Waals surface area contributed by atoms with Crippen molar-refractivity contribution in [2.45, 2.75) is 39.5 Å². The SMILES string of the molecule is CCCCCN1C(=O)C(c2ccccc2)=C(N(CC)CCc2ccncc2)C1=O. The van der Waals surface area contributed by atoms with Crippen molar-refractivity contribution >= 4 is 17.4 Å². The van der Waals surface area contributed by atoms with E-state index in [-0.39, 0.29) is 11.8 Å². The second-order valence-corrected chi connectivity index (χ2v) is 7.24. The number of imide groups is 1. The highest BCUT2D eigenvalue weighted by Crippen LogP contribution is 2.32. The summed E-state index contributed by atoms with van der Waals surface area (Å²) in [6.45, 7) is 5.96. The first-order valence-corrected chi connectivity index (χ1v) is 10.5. The van der Waals surface area contributed by atoms with Crippen LogP contribution in [0.5, 0.6) is 0 Å². The molecule has 152 valence electrons. The van der Waals surface area contributed by atoms with Gasteiger partial charge in [0.05, 0.1) is 5.57 Å². The summed E-state index contributed by atoms with van der Waals surface area (Å²) in [5.74, 6) is -0.337. The van der Waals surface area contributed by atoms with Gasteiger partial charge in [0.2, 0.25) is 0 Å². The zero-order valence-corrected chi connectivity index (χ0v) is 17.3. The van der Waals surface area contributed by atoms with Crippen LogP contribution < -0.4 is 0 Å². The van der Waals surface area contributed by atoms with Gasteiger partial charge in [-0.2, -0.15) is 0 Å². The zero-order valence-electron chi connectivity index (χ0n) is 17.3. The molecule has 0 saturated heterocycles. The maximum atomic E-state index is 13.3. The summed E-state index contributed by atoms with van der Waals surface area (Å²) in [7, 11) is 0. The number of hydrogen-bond donors (Lipinski definition) is 0. The molecular weight excluding hydrogens is 362 g/mol. The van der Waals surface area contributed by atoms with E-state index in [1.807, 2.05) is 54.3 Å². The summed E-state index contributed by atoms with van der Waals surface area (Å²) in [4.78, 5) is 34.1. The van der Waals surface area contributed by atoms with Crippen molar-refractivity contribution < 1.29 is 9.59 Å². The van der Waals surface area contributed by atoms with Crippen LogP contribution in [0, 0.1) is 0 Å². The van der Waals surface area contributed by atoms with Crippen LogP contribution in [0.1, 0.15) is 44.2 Å². The minimum Gasteiger partial charge on any atom is -0.366 e. The summed E-state index contributed by atoms with van der Waals surface area (Å²) < 4.78 is 0. The molecule has 0 spiro atoms. The number of carbonyl (C=O) groups excluding carboxylic acids is 2. The number of hydrogen-bond acceptors (Lipinski definition) is 4. The second-order valence-electron chi connectivity index (χ2n) is 7.24. The van der Waals surface area contributed by atoms with Crippen LogP contribution in [0.3, 0.4) is 0 Å². The molecule has 5 nitrogen and oxygen atoms in total.